The molecule has 1 rings (SSSR count). The normalized spacial score (nSPS) is 10.1. The fourth-order valence-electron chi connectivity index (χ4n) is 1.41. The lowest BCUT2D eigenvalue weighted by atomic mass is 10.0. The third-order valence-corrected chi connectivity index (χ3v) is 2.55. The summed E-state index contributed by atoms with van der Waals surface area (Å²) in [6.45, 7) is 1.86. The fourth-order valence-corrected chi connectivity index (χ4v) is 1.65. The zero-order valence-electron chi connectivity index (χ0n) is 8.53. The summed E-state index contributed by atoms with van der Waals surface area (Å²) in [7, 11) is 0. The molecule has 0 saturated heterocycles. The Morgan fingerprint density at radius 1 is 1.38 bits per heavy atom. The van der Waals surface area contributed by atoms with E-state index in [9.17, 15) is 20.1 Å². The van der Waals surface area contributed by atoms with Crippen LogP contribution in [-0.2, 0) is 9.49 Å². The molecule has 5 nitrogen and oxygen atoms in total. The van der Waals surface area contributed by atoms with Gasteiger partial charge in [0.05, 0.1) is 5.56 Å². The quantitative estimate of drug-likeness (QED) is 0.581. The van der Waals surface area contributed by atoms with E-state index in [0.29, 0.717) is 12.8 Å². The van der Waals surface area contributed by atoms with Crippen LogP contribution in [-0.4, -0.2) is 21.3 Å². The van der Waals surface area contributed by atoms with Crippen LogP contribution in [0.25, 0.3) is 0 Å². The maximum atomic E-state index is 11.4. The Labute approximate surface area is 106 Å². The molecule has 0 unspecified atom stereocenters. The van der Waals surface area contributed by atoms with Gasteiger partial charge in [-0.05, 0) is 12.5 Å². The number of halogens is 1. The highest BCUT2D eigenvalue weighted by atomic mass is 127. The minimum absolute atomic E-state index is 0.0593. The molecule has 0 aliphatic rings. The first kappa shape index (κ1) is 12.9. The summed E-state index contributed by atoms with van der Waals surface area (Å²) in [4.78, 5) is 11.4. The lowest BCUT2D eigenvalue weighted by molar-refractivity contribution is 0.0798. The highest BCUT2D eigenvalue weighted by molar-refractivity contribution is 14.1. The van der Waals surface area contributed by atoms with Gasteiger partial charge in [-0.3, -0.25) is 0 Å². The minimum atomic E-state index is -0.672. The number of phenolic OH excluding ortho intramolecular Hbond substituents is 3. The molecule has 0 saturated carbocycles. The van der Waals surface area contributed by atoms with Gasteiger partial charge in [0.15, 0.2) is 34.5 Å². The van der Waals surface area contributed by atoms with Crippen LogP contribution in [0.5, 0.6) is 17.2 Å². The van der Waals surface area contributed by atoms with Crippen molar-refractivity contribution in [3.63, 3.8) is 0 Å². The standard InChI is InChI=1S/C10H11IO5/c1-2-3-5-6(10(15)16-11)4-7(12)9(14)8(5)13/h4,12-14H,2-3H2,1H3. The second-order valence-electron chi connectivity index (χ2n) is 3.23. The van der Waals surface area contributed by atoms with Crippen molar-refractivity contribution in [2.75, 3.05) is 0 Å². The van der Waals surface area contributed by atoms with Gasteiger partial charge in [0.25, 0.3) is 0 Å². The molecule has 0 heterocycles. The summed E-state index contributed by atoms with van der Waals surface area (Å²) in [5, 5.41) is 28.3. The number of hydrogen-bond donors (Lipinski definition) is 3. The van der Waals surface area contributed by atoms with E-state index >= 15 is 0 Å². The Morgan fingerprint density at radius 3 is 2.50 bits per heavy atom. The van der Waals surface area contributed by atoms with E-state index < -0.39 is 23.2 Å². The third kappa shape index (κ3) is 2.31. The van der Waals surface area contributed by atoms with E-state index in [4.69, 9.17) is 0 Å². The second-order valence-corrected chi connectivity index (χ2v) is 3.67. The Hall–Kier alpha value is -1.18. The molecule has 6 heteroatoms. The number of hydrogen-bond acceptors (Lipinski definition) is 5. The topological polar surface area (TPSA) is 87.0 Å². The van der Waals surface area contributed by atoms with Crippen molar-refractivity contribution in [1.82, 2.24) is 0 Å². The summed E-state index contributed by atoms with van der Waals surface area (Å²) in [6.07, 6.45) is 1.08. The van der Waals surface area contributed by atoms with Crippen molar-refractivity contribution in [1.29, 1.82) is 0 Å². The van der Waals surface area contributed by atoms with Crippen molar-refractivity contribution in [3.05, 3.63) is 17.2 Å². The highest BCUT2D eigenvalue weighted by Crippen LogP contribution is 2.40. The van der Waals surface area contributed by atoms with Crippen LogP contribution in [0.2, 0.25) is 0 Å². The van der Waals surface area contributed by atoms with Gasteiger partial charge < -0.3 is 18.4 Å². The van der Waals surface area contributed by atoms with E-state index in [0.717, 1.165) is 6.07 Å². The summed E-state index contributed by atoms with van der Waals surface area (Å²) >= 11 is 1.42. The average molecular weight is 338 g/mol. The maximum Gasteiger partial charge on any atom is 0.348 e. The molecule has 0 aromatic heterocycles. The number of benzene rings is 1. The van der Waals surface area contributed by atoms with Crippen molar-refractivity contribution in [2.24, 2.45) is 0 Å². The highest BCUT2D eigenvalue weighted by Gasteiger charge is 2.21. The SMILES string of the molecule is CCCc1c(C(=O)OI)cc(O)c(O)c1O. The summed E-state index contributed by atoms with van der Waals surface area (Å²) in [5.41, 5.74) is 0.337. The van der Waals surface area contributed by atoms with Gasteiger partial charge in [-0.2, -0.15) is 0 Å². The first-order valence-corrected chi connectivity index (χ1v) is 5.50. The summed E-state index contributed by atoms with van der Waals surface area (Å²) in [5.74, 6) is -2.31. The van der Waals surface area contributed by atoms with E-state index in [1.807, 2.05) is 6.92 Å². The molecule has 0 fully saturated rings. The molecule has 3 N–H and O–H groups in total. The molecule has 1 aromatic rings. The molecule has 0 bridgehead atoms. The van der Waals surface area contributed by atoms with Crippen LogP contribution in [0, 0.1) is 0 Å². The number of carbonyl (C=O) groups excluding carboxylic acids is 1. The van der Waals surface area contributed by atoms with E-state index in [-0.39, 0.29) is 11.1 Å². The fraction of sp³-hybridized carbons (Fsp3) is 0.300. The van der Waals surface area contributed by atoms with E-state index in [1.165, 1.54) is 23.0 Å². The molecule has 16 heavy (non-hydrogen) atoms. The zero-order chi connectivity index (χ0) is 12.3. The van der Waals surface area contributed by atoms with Gasteiger partial charge in [-0.15, -0.1) is 0 Å². The van der Waals surface area contributed by atoms with Crippen LogP contribution < -0.4 is 0 Å². The summed E-state index contributed by atoms with van der Waals surface area (Å²) in [6, 6.07) is 1.08. The van der Waals surface area contributed by atoms with Crippen LogP contribution in [0.4, 0.5) is 0 Å². The van der Waals surface area contributed by atoms with Gasteiger partial charge in [-0.1, -0.05) is 13.3 Å². The molecule has 0 amide bonds. The minimum Gasteiger partial charge on any atom is -0.504 e. The number of carbonyl (C=O) groups is 1. The zero-order valence-corrected chi connectivity index (χ0v) is 10.7. The first-order chi connectivity index (χ1) is 7.52. The van der Waals surface area contributed by atoms with E-state index in [2.05, 4.69) is 3.07 Å². The van der Waals surface area contributed by atoms with Gasteiger partial charge in [0, 0.05) is 5.56 Å². The van der Waals surface area contributed by atoms with Crippen molar-refractivity contribution >= 4 is 29.0 Å². The van der Waals surface area contributed by atoms with Gasteiger partial charge in [0.1, 0.15) is 0 Å². The number of aromatic hydroxyl groups is 3. The second kappa shape index (κ2) is 5.24. The number of phenols is 3. The monoisotopic (exact) mass is 338 g/mol. The molecular formula is C10H11IO5. The van der Waals surface area contributed by atoms with Gasteiger partial charge in [-0.25, -0.2) is 4.79 Å². The van der Waals surface area contributed by atoms with Gasteiger partial charge in [0.2, 0.25) is 5.75 Å². The molecule has 1 aromatic carbocycles. The lowest BCUT2D eigenvalue weighted by Gasteiger charge is -2.11. The predicted octanol–water partition coefficient (Wildman–Crippen LogP) is 2.26. The van der Waals surface area contributed by atoms with Crippen molar-refractivity contribution < 1.29 is 23.2 Å². The van der Waals surface area contributed by atoms with Crippen molar-refractivity contribution in [3.8, 4) is 17.2 Å². The smallest absolute Gasteiger partial charge is 0.348 e. The Balaban J connectivity index is 3.40. The van der Waals surface area contributed by atoms with Crippen molar-refractivity contribution in [2.45, 2.75) is 19.8 Å². The molecule has 0 radical (unpaired) electrons. The van der Waals surface area contributed by atoms with Crippen LogP contribution in [0.15, 0.2) is 6.07 Å². The predicted molar refractivity (Wildman–Crippen MR) is 64.9 cm³/mol. The van der Waals surface area contributed by atoms with Gasteiger partial charge >= 0.3 is 5.97 Å². The average Bonchev–Trinajstić information content (AvgIpc) is 2.28. The largest absolute Gasteiger partial charge is 0.504 e. The lowest BCUT2D eigenvalue weighted by Crippen LogP contribution is -2.04. The van der Waals surface area contributed by atoms with E-state index in [1.54, 1.807) is 0 Å². The summed E-state index contributed by atoms with van der Waals surface area (Å²) < 4.78 is 4.50. The van der Waals surface area contributed by atoms with Crippen LogP contribution in [0.3, 0.4) is 0 Å². The first-order valence-electron chi connectivity index (χ1n) is 4.62. The Kier molecular flexibility index (Phi) is 4.22. The van der Waals surface area contributed by atoms with Crippen LogP contribution >= 0.6 is 23.0 Å². The van der Waals surface area contributed by atoms with Crippen LogP contribution in [0.1, 0.15) is 29.3 Å². The Bertz CT molecular complexity index is 416. The molecule has 0 spiro atoms. The Morgan fingerprint density at radius 2 is 2.00 bits per heavy atom. The maximum absolute atomic E-state index is 11.4. The molecule has 88 valence electrons. The molecule has 0 aliphatic carbocycles. The molecule has 0 atom stereocenters. The molecule has 0 aliphatic heterocycles. The molecular weight excluding hydrogens is 327 g/mol. The third-order valence-electron chi connectivity index (χ3n) is 2.15. The number of rotatable bonds is 3.